The second-order valence-corrected chi connectivity index (χ2v) is 6.58. The lowest BCUT2D eigenvalue weighted by Gasteiger charge is -2.25. The summed E-state index contributed by atoms with van der Waals surface area (Å²) in [5, 5.41) is 2.92. The zero-order chi connectivity index (χ0) is 16.6. The number of hydrogen-bond donors (Lipinski definition) is 1. The van der Waals surface area contributed by atoms with Gasteiger partial charge in [-0.2, -0.15) is 0 Å². The summed E-state index contributed by atoms with van der Waals surface area (Å²) in [4.78, 5) is 28.8. The van der Waals surface area contributed by atoms with Crippen LogP contribution in [0.4, 0.5) is 5.69 Å². The molecular formula is C18H21N3O2. The molecule has 1 N–H and O–H groups in total. The van der Waals surface area contributed by atoms with Crippen LogP contribution in [-0.4, -0.2) is 21.2 Å². The van der Waals surface area contributed by atoms with Crippen LogP contribution in [0.3, 0.4) is 0 Å². The van der Waals surface area contributed by atoms with Gasteiger partial charge in [-0.3, -0.25) is 9.59 Å². The minimum atomic E-state index is -0.763. The average Bonchev–Trinajstić information content (AvgIpc) is 2.95. The molecule has 1 aromatic carbocycles. The summed E-state index contributed by atoms with van der Waals surface area (Å²) in [6.45, 7) is 5.57. The molecule has 2 aromatic rings. The number of nitrogens with one attached hydrogen (secondary N) is 1. The number of carbonyl (C=O) groups is 2. The van der Waals surface area contributed by atoms with Crippen LogP contribution in [0.5, 0.6) is 0 Å². The first-order valence-corrected chi connectivity index (χ1v) is 7.86. The number of nitrogens with zero attached hydrogens (tertiary/aromatic N) is 2. The summed E-state index contributed by atoms with van der Waals surface area (Å²) < 4.78 is 1.79. The van der Waals surface area contributed by atoms with Crippen molar-refractivity contribution in [3.63, 3.8) is 0 Å². The predicted molar refractivity (Wildman–Crippen MR) is 88.6 cm³/mol. The Morgan fingerprint density at radius 1 is 1.30 bits per heavy atom. The lowest BCUT2D eigenvalue weighted by molar-refractivity contribution is -0.123. The van der Waals surface area contributed by atoms with E-state index in [1.54, 1.807) is 17.0 Å². The molecule has 0 unspecified atom stereocenters. The maximum Gasteiger partial charge on any atom is 0.250 e. The molecule has 0 radical (unpaired) electrons. The molecule has 5 heteroatoms. The van der Waals surface area contributed by atoms with Gasteiger partial charge in [-0.05, 0) is 51.3 Å². The Morgan fingerprint density at radius 3 is 2.78 bits per heavy atom. The zero-order valence-electron chi connectivity index (χ0n) is 13.7. The smallest absolute Gasteiger partial charge is 0.250 e. The lowest BCUT2D eigenvalue weighted by atomic mass is 9.90. The van der Waals surface area contributed by atoms with E-state index in [0.29, 0.717) is 12.1 Å². The molecule has 1 aliphatic rings. The zero-order valence-corrected chi connectivity index (χ0v) is 13.7. The number of anilines is 1. The molecule has 120 valence electrons. The van der Waals surface area contributed by atoms with Crippen molar-refractivity contribution >= 4 is 17.4 Å². The van der Waals surface area contributed by atoms with Gasteiger partial charge in [0, 0.05) is 23.9 Å². The minimum absolute atomic E-state index is 0.141. The Labute approximate surface area is 135 Å². The highest BCUT2D eigenvalue weighted by molar-refractivity contribution is 6.01. The third kappa shape index (κ3) is 2.91. The van der Waals surface area contributed by atoms with Crippen molar-refractivity contribution in [3.05, 3.63) is 47.5 Å². The molecule has 0 saturated carbocycles. The van der Waals surface area contributed by atoms with Gasteiger partial charge in [-0.25, -0.2) is 4.98 Å². The number of aryl methyl sites for hydroxylation is 2. The van der Waals surface area contributed by atoms with Crippen LogP contribution in [0.25, 0.3) is 0 Å². The van der Waals surface area contributed by atoms with Crippen LogP contribution in [0, 0.1) is 6.92 Å². The molecular weight excluding hydrogens is 290 g/mol. The van der Waals surface area contributed by atoms with Crippen LogP contribution in [0.15, 0.2) is 30.7 Å². The summed E-state index contributed by atoms with van der Waals surface area (Å²) in [5.74, 6) is 0.0185. The maximum atomic E-state index is 12.6. The number of benzene rings is 1. The first-order chi connectivity index (χ1) is 10.9. The number of fused-ring (bicyclic) bond motifs is 1. The second kappa shape index (κ2) is 5.65. The third-order valence-corrected chi connectivity index (χ3v) is 4.43. The minimum Gasteiger partial charge on any atom is -0.324 e. The number of carbonyl (C=O) groups excluding carboxylic acids is 2. The molecule has 1 amide bonds. The molecule has 3 rings (SSSR count). The lowest BCUT2D eigenvalue weighted by Crippen LogP contribution is -2.39. The highest BCUT2D eigenvalue weighted by Gasteiger charge is 2.30. The van der Waals surface area contributed by atoms with Gasteiger partial charge in [0.2, 0.25) is 5.91 Å². The number of rotatable bonds is 3. The number of aromatic nitrogens is 2. The summed E-state index contributed by atoms with van der Waals surface area (Å²) in [6, 6.07) is 5.60. The normalized spacial score (nSPS) is 14.5. The molecule has 23 heavy (non-hydrogen) atoms. The van der Waals surface area contributed by atoms with Crippen LogP contribution < -0.4 is 5.32 Å². The van der Waals surface area contributed by atoms with Gasteiger partial charge in [0.1, 0.15) is 5.54 Å². The molecule has 0 aliphatic heterocycles. The first-order valence-electron chi connectivity index (χ1n) is 7.86. The van der Waals surface area contributed by atoms with Crippen molar-refractivity contribution in [1.82, 2.24) is 9.55 Å². The number of ketones is 1. The molecule has 0 atom stereocenters. The summed E-state index contributed by atoms with van der Waals surface area (Å²) in [6.07, 6.45) is 5.92. The van der Waals surface area contributed by atoms with Crippen molar-refractivity contribution < 1.29 is 9.59 Å². The van der Waals surface area contributed by atoms with Crippen molar-refractivity contribution in [3.8, 4) is 0 Å². The standard InChI is InChI=1S/C18H21N3O2/c1-12-10-21(11-19-12)18(2,3)17(23)20-14-8-7-13-5-4-6-16(22)15(13)9-14/h7-11H,4-6H2,1-3H3,(H,20,23). The van der Waals surface area contributed by atoms with Gasteiger partial charge in [0.05, 0.1) is 12.0 Å². The van der Waals surface area contributed by atoms with Gasteiger partial charge in [0.25, 0.3) is 0 Å². The van der Waals surface area contributed by atoms with Gasteiger partial charge >= 0.3 is 0 Å². The molecule has 1 aromatic heterocycles. The van der Waals surface area contributed by atoms with Crippen molar-refractivity contribution in [2.45, 2.75) is 45.6 Å². The number of Topliss-reactive ketones (excluding diaryl/α,β-unsaturated/α-hetero) is 1. The van der Waals surface area contributed by atoms with Crippen molar-refractivity contribution in [2.75, 3.05) is 5.32 Å². The quantitative estimate of drug-likeness (QED) is 0.947. The summed E-state index contributed by atoms with van der Waals surface area (Å²) in [5.41, 5.74) is 2.58. The SMILES string of the molecule is Cc1cn(C(C)(C)C(=O)Nc2ccc3c(c2)C(=O)CCC3)cn1. The summed E-state index contributed by atoms with van der Waals surface area (Å²) >= 11 is 0. The largest absolute Gasteiger partial charge is 0.324 e. The monoisotopic (exact) mass is 311 g/mol. The second-order valence-electron chi connectivity index (χ2n) is 6.58. The molecule has 1 aliphatic carbocycles. The molecule has 0 saturated heterocycles. The van der Waals surface area contributed by atoms with E-state index in [1.165, 1.54) is 0 Å². The van der Waals surface area contributed by atoms with Gasteiger partial charge in [-0.1, -0.05) is 6.07 Å². The molecule has 5 nitrogen and oxygen atoms in total. The van der Waals surface area contributed by atoms with E-state index < -0.39 is 5.54 Å². The Bertz CT molecular complexity index is 774. The van der Waals surface area contributed by atoms with Crippen LogP contribution >= 0.6 is 0 Å². The molecule has 0 bridgehead atoms. The van der Waals surface area contributed by atoms with Gasteiger partial charge in [-0.15, -0.1) is 0 Å². The first kappa shape index (κ1) is 15.5. The van der Waals surface area contributed by atoms with Gasteiger partial charge < -0.3 is 9.88 Å². The predicted octanol–water partition coefficient (Wildman–Crippen LogP) is 3.08. The topological polar surface area (TPSA) is 64.0 Å². The fourth-order valence-corrected chi connectivity index (χ4v) is 2.83. The van der Waals surface area contributed by atoms with E-state index in [0.717, 1.165) is 29.7 Å². The van der Waals surface area contributed by atoms with E-state index in [9.17, 15) is 9.59 Å². The van der Waals surface area contributed by atoms with Crippen molar-refractivity contribution in [2.24, 2.45) is 0 Å². The number of hydrogen-bond acceptors (Lipinski definition) is 3. The highest BCUT2D eigenvalue weighted by Crippen LogP contribution is 2.25. The Balaban J connectivity index is 1.83. The van der Waals surface area contributed by atoms with E-state index >= 15 is 0 Å². The van der Waals surface area contributed by atoms with E-state index in [1.807, 2.05) is 39.1 Å². The molecule has 0 fully saturated rings. The summed E-state index contributed by atoms with van der Waals surface area (Å²) in [7, 11) is 0. The van der Waals surface area contributed by atoms with Crippen molar-refractivity contribution in [1.29, 1.82) is 0 Å². The van der Waals surface area contributed by atoms with Crippen LogP contribution in [-0.2, 0) is 16.8 Å². The van der Waals surface area contributed by atoms with Crippen LogP contribution in [0.1, 0.15) is 48.3 Å². The molecule has 0 spiro atoms. The highest BCUT2D eigenvalue weighted by atomic mass is 16.2. The van der Waals surface area contributed by atoms with E-state index in [4.69, 9.17) is 0 Å². The van der Waals surface area contributed by atoms with Crippen LogP contribution in [0.2, 0.25) is 0 Å². The fourth-order valence-electron chi connectivity index (χ4n) is 2.83. The van der Waals surface area contributed by atoms with E-state index in [2.05, 4.69) is 10.3 Å². The third-order valence-electron chi connectivity index (χ3n) is 4.43. The average molecular weight is 311 g/mol. The van der Waals surface area contributed by atoms with E-state index in [-0.39, 0.29) is 11.7 Å². The number of imidazole rings is 1. The Kier molecular flexibility index (Phi) is 3.80. The maximum absolute atomic E-state index is 12.6. The Hall–Kier alpha value is -2.43. The molecule has 1 heterocycles. The number of amides is 1. The Morgan fingerprint density at radius 2 is 2.09 bits per heavy atom. The van der Waals surface area contributed by atoms with Gasteiger partial charge in [0.15, 0.2) is 5.78 Å². The fraction of sp³-hybridized carbons (Fsp3) is 0.389.